The lowest BCUT2D eigenvalue weighted by Crippen LogP contribution is -2.38. The van der Waals surface area contributed by atoms with E-state index in [0.29, 0.717) is 6.54 Å². The van der Waals surface area contributed by atoms with Crippen molar-refractivity contribution in [2.24, 2.45) is 0 Å². The van der Waals surface area contributed by atoms with E-state index >= 15 is 0 Å². The molecule has 0 radical (unpaired) electrons. The number of hydrogen-bond acceptors (Lipinski definition) is 5. The maximum Gasteiger partial charge on any atom is 0.271 e. The molecule has 0 aliphatic carbocycles. The van der Waals surface area contributed by atoms with E-state index in [2.05, 4.69) is 15.5 Å². The normalized spacial score (nSPS) is 15.2. The minimum absolute atomic E-state index is 0.00937. The second-order valence-corrected chi connectivity index (χ2v) is 5.52. The first kappa shape index (κ1) is 17.5. The predicted octanol–water partition coefficient (Wildman–Crippen LogP) is 1.74. The summed E-state index contributed by atoms with van der Waals surface area (Å²) >= 11 is 5.08. The lowest BCUT2D eigenvalue weighted by atomic mass is 10.2. The van der Waals surface area contributed by atoms with E-state index in [9.17, 15) is 14.5 Å². The van der Waals surface area contributed by atoms with E-state index in [4.69, 9.17) is 17.0 Å². The van der Waals surface area contributed by atoms with E-state index in [-0.39, 0.29) is 16.5 Å². The third-order valence-corrected chi connectivity index (χ3v) is 3.70. The molecule has 0 atom stereocenters. The van der Waals surface area contributed by atoms with E-state index in [1.54, 1.807) is 0 Å². The van der Waals surface area contributed by atoms with Gasteiger partial charge in [0.25, 0.3) is 5.69 Å². The molecule has 0 spiro atoms. The van der Waals surface area contributed by atoms with Crippen LogP contribution in [0.3, 0.4) is 0 Å². The number of nitro groups is 1. The van der Waals surface area contributed by atoms with E-state index in [1.807, 2.05) is 0 Å². The summed E-state index contributed by atoms with van der Waals surface area (Å²) in [6, 6.07) is 3.28. The molecule has 0 aromatic heterocycles. The van der Waals surface area contributed by atoms with Crippen LogP contribution in [0.25, 0.3) is 0 Å². The quantitative estimate of drug-likeness (QED) is 0.353. The second kappa shape index (κ2) is 8.70. The minimum Gasteiger partial charge on any atom is -0.379 e. The Balaban J connectivity index is 1.74. The van der Waals surface area contributed by atoms with Crippen LogP contribution >= 0.6 is 12.2 Å². The number of benzene rings is 1. The van der Waals surface area contributed by atoms with E-state index < -0.39 is 10.7 Å². The maximum atomic E-state index is 13.6. The summed E-state index contributed by atoms with van der Waals surface area (Å²) in [5, 5.41) is 16.6. The highest BCUT2D eigenvalue weighted by molar-refractivity contribution is 7.80. The van der Waals surface area contributed by atoms with Crippen molar-refractivity contribution in [1.29, 1.82) is 0 Å². The van der Waals surface area contributed by atoms with Crippen molar-refractivity contribution in [3.05, 3.63) is 34.1 Å². The molecule has 126 valence electrons. The number of rotatable bonds is 6. The fourth-order valence-corrected chi connectivity index (χ4v) is 2.43. The number of anilines is 1. The van der Waals surface area contributed by atoms with Gasteiger partial charge in [0.05, 0.1) is 23.8 Å². The van der Waals surface area contributed by atoms with Gasteiger partial charge in [0.15, 0.2) is 5.11 Å². The summed E-state index contributed by atoms with van der Waals surface area (Å²) in [4.78, 5) is 12.4. The van der Waals surface area contributed by atoms with Crippen LogP contribution in [-0.4, -0.2) is 54.3 Å². The second-order valence-electron chi connectivity index (χ2n) is 5.11. The predicted molar refractivity (Wildman–Crippen MR) is 89.2 cm³/mol. The number of halogens is 1. The first-order valence-electron chi connectivity index (χ1n) is 7.35. The molecule has 1 aromatic carbocycles. The first-order chi connectivity index (χ1) is 11.1. The zero-order valence-electron chi connectivity index (χ0n) is 12.6. The molecule has 2 N–H and O–H groups in total. The molecule has 1 aliphatic rings. The fraction of sp³-hybridized carbons (Fsp3) is 0.500. The summed E-state index contributed by atoms with van der Waals surface area (Å²) in [7, 11) is 0. The Morgan fingerprint density at radius 1 is 1.43 bits per heavy atom. The van der Waals surface area contributed by atoms with Gasteiger partial charge in [-0.15, -0.1) is 0 Å². The van der Waals surface area contributed by atoms with Gasteiger partial charge in [-0.1, -0.05) is 0 Å². The molecular weight excluding hydrogens is 323 g/mol. The van der Waals surface area contributed by atoms with Crippen LogP contribution in [0.1, 0.15) is 6.42 Å². The van der Waals surface area contributed by atoms with Crippen molar-refractivity contribution >= 4 is 28.7 Å². The maximum absolute atomic E-state index is 13.6. The van der Waals surface area contributed by atoms with Crippen LogP contribution in [0, 0.1) is 15.9 Å². The van der Waals surface area contributed by atoms with Crippen molar-refractivity contribution in [3.63, 3.8) is 0 Å². The summed E-state index contributed by atoms with van der Waals surface area (Å²) in [6.45, 7) is 4.96. The Kier molecular flexibility index (Phi) is 6.63. The topological polar surface area (TPSA) is 79.7 Å². The van der Waals surface area contributed by atoms with Crippen molar-refractivity contribution in [1.82, 2.24) is 10.2 Å². The van der Waals surface area contributed by atoms with Gasteiger partial charge in [-0.3, -0.25) is 15.0 Å². The molecule has 1 aliphatic heterocycles. The zero-order chi connectivity index (χ0) is 16.7. The Morgan fingerprint density at radius 3 is 2.87 bits per heavy atom. The Bertz CT molecular complexity index is 567. The molecule has 0 amide bonds. The fourth-order valence-electron chi connectivity index (χ4n) is 2.22. The molecule has 0 bridgehead atoms. The van der Waals surface area contributed by atoms with Gasteiger partial charge in [0, 0.05) is 31.8 Å². The van der Waals surface area contributed by atoms with Gasteiger partial charge < -0.3 is 15.4 Å². The molecule has 23 heavy (non-hydrogen) atoms. The smallest absolute Gasteiger partial charge is 0.271 e. The van der Waals surface area contributed by atoms with Crippen LogP contribution in [-0.2, 0) is 4.74 Å². The number of morpholine rings is 1. The van der Waals surface area contributed by atoms with Crippen LogP contribution in [0.2, 0.25) is 0 Å². The average molecular weight is 342 g/mol. The highest BCUT2D eigenvalue weighted by atomic mass is 32.1. The van der Waals surface area contributed by atoms with Gasteiger partial charge in [0.2, 0.25) is 0 Å². The van der Waals surface area contributed by atoms with Crippen LogP contribution in [0.4, 0.5) is 15.8 Å². The summed E-state index contributed by atoms with van der Waals surface area (Å²) in [5.74, 6) is -0.590. The van der Waals surface area contributed by atoms with Crippen LogP contribution in [0.5, 0.6) is 0 Å². The Hall–Kier alpha value is -1.84. The number of nitrogens with one attached hydrogen (secondary N) is 2. The zero-order valence-corrected chi connectivity index (χ0v) is 13.4. The molecule has 1 fully saturated rings. The number of ether oxygens (including phenoxy) is 1. The minimum atomic E-state index is -0.590. The summed E-state index contributed by atoms with van der Waals surface area (Å²) < 4.78 is 18.9. The van der Waals surface area contributed by atoms with Crippen molar-refractivity contribution < 1.29 is 14.1 Å². The molecule has 1 heterocycles. The number of nitrogens with zero attached hydrogens (tertiary/aromatic N) is 2. The largest absolute Gasteiger partial charge is 0.379 e. The van der Waals surface area contributed by atoms with Gasteiger partial charge in [-0.25, -0.2) is 4.39 Å². The summed E-state index contributed by atoms with van der Waals surface area (Å²) in [6.07, 6.45) is 0.888. The Labute approximate surface area is 138 Å². The SMILES string of the molecule is O=[N+]([O-])c1ccc(F)c(NC(=S)NCCCN2CCOCC2)c1. The third kappa shape index (κ3) is 5.70. The monoisotopic (exact) mass is 342 g/mol. The number of hydrogen-bond donors (Lipinski definition) is 2. The molecule has 1 aromatic rings. The molecule has 2 rings (SSSR count). The highest BCUT2D eigenvalue weighted by Gasteiger charge is 2.12. The lowest BCUT2D eigenvalue weighted by Gasteiger charge is -2.26. The molecule has 0 saturated carbocycles. The number of nitro benzene ring substituents is 1. The van der Waals surface area contributed by atoms with Crippen molar-refractivity contribution in [2.45, 2.75) is 6.42 Å². The van der Waals surface area contributed by atoms with E-state index in [1.165, 1.54) is 0 Å². The van der Waals surface area contributed by atoms with E-state index in [0.717, 1.165) is 57.5 Å². The number of thiocarbonyl (C=S) groups is 1. The van der Waals surface area contributed by atoms with Gasteiger partial charge in [0.1, 0.15) is 5.82 Å². The first-order valence-corrected chi connectivity index (χ1v) is 7.76. The number of non-ortho nitro benzene ring substituents is 1. The van der Waals surface area contributed by atoms with Crippen LogP contribution in [0.15, 0.2) is 18.2 Å². The van der Waals surface area contributed by atoms with Crippen molar-refractivity contribution in [2.75, 3.05) is 44.7 Å². The van der Waals surface area contributed by atoms with Gasteiger partial charge >= 0.3 is 0 Å². The third-order valence-electron chi connectivity index (χ3n) is 3.45. The summed E-state index contributed by atoms with van der Waals surface area (Å²) in [5.41, 5.74) is -0.200. The molecular formula is C14H19FN4O3S. The molecule has 7 nitrogen and oxygen atoms in total. The molecule has 9 heteroatoms. The Morgan fingerprint density at radius 2 is 2.17 bits per heavy atom. The standard InChI is InChI=1S/C14H19FN4O3S/c15-12-3-2-11(19(20)21)10-13(12)17-14(23)16-4-1-5-18-6-8-22-9-7-18/h2-3,10H,1,4-9H2,(H2,16,17,23). The molecule has 0 unspecified atom stereocenters. The average Bonchev–Trinajstić information content (AvgIpc) is 2.54. The van der Waals surface area contributed by atoms with Gasteiger partial charge in [-0.2, -0.15) is 0 Å². The lowest BCUT2D eigenvalue weighted by molar-refractivity contribution is -0.384. The van der Waals surface area contributed by atoms with Crippen molar-refractivity contribution in [3.8, 4) is 0 Å². The van der Waals surface area contributed by atoms with Crippen LogP contribution < -0.4 is 10.6 Å². The van der Waals surface area contributed by atoms with Gasteiger partial charge in [-0.05, 0) is 31.2 Å². The molecule has 1 saturated heterocycles. The highest BCUT2D eigenvalue weighted by Crippen LogP contribution is 2.21.